The van der Waals surface area contributed by atoms with Crippen molar-refractivity contribution in [2.24, 2.45) is 0 Å². The normalized spacial score (nSPS) is 10.9. The molecule has 0 spiro atoms. The van der Waals surface area contributed by atoms with Gasteiger partial charge < -0.3 is 4.74 Å². The SMILES string of the molecule is COCCn1nc(C(C)=O)c2ccccc21. The maximum Gasteiger partial charge on any atom is 0.180 e. The van der Waals surface area contributed by atoms with Gasteiger partial charge in [-0.2, -0.15) is 5.10 Å². The number of Topliss-reactive ketones (excluding diaryl/α,β-unsaturated/α-hetero) is 1. The fraction of sp³-hybridized carbons (Fsp3) is 0.333. The fourth-order valence-corrected chi connectivity index (χ4v) is 1.74. The van der Waals surface area contributed by atoms with Gasteiger partial charge in [0.25, 0.3) is 0 Å². The highest BCUT2D eigenvalue weighted by molar-refractivity contribution is 6.04. The number of aromatic nitrogens is 2. The van der Waals surface area contributed by atoms with Gasteiger partial charge in [0.2, 0.25) is 0 Å². The summed E-state index contributed by atoms with van der Waals surface area (Å²) in [4.78, 5) is 11.4. The monoisotopic (exact) mass is 218 g/mol. The number of benzene rings is 1. The predicted molar refractivity (Wildman–Crippen MR) is 61.6 cm³/mol. The molecule has 0 fully saturated rings. The lowest BCUT2D eigenvalue weighted by Gasteiger charge is -2.01. The summed E-state index contributed by atoms with van der Waals surface area (Å²) in [7, 11) is 1.65. The Labute approximate surface area is 93.8 Å². The molecule has 0 radical (unpaired) electrons. The molecule has 0 bridgehead atoms. The number of methoxy groups -OCH3 is 1. The lowest BCUT2D eigenvalue weighted by Crippen LogP contribution is -2.06. The Kier molecular flexibility index (Phi) is 3.01. The maximum absolute atomic E-state index is 11.4. The van der Waals surface area contributed by atoms with Gasteiger partial charge in [-0.3, -0.25) is 9.48 Å². The zero-order chi connectivity index (χ0) is 11.5. The summed E-state index contributed by atoms with van der Waals surface area (Å²) in [5.41, 5.74) is 1.51. The molecule has 84 valence electrons. The molecule has 0 N–H and O–H groups in total. The van der Waals surface area contributed by atoms with Gasteiger partial charge in [0, 0.05) is 19.4 Å². The molecule has 1 heterocycles. The maximum atomic E-state index is 11.4. The third-order valence-corrected chi connectivity index (χ3v) is 2.50. The Balaban J connectivity index is 2.53. The number of hydrogen-bond acceptors (Lipinski definition) is 3. The molecule has 16 heavy (non-hydrogen) atoms. The predicted octanol–water partition coefficient (Wildman–Crippen LogP) is 1.89. The van der Waals surface area contributed by atoms with Crippen molar-refractivity contribution in [3.05, 3.63) is 30.0 Å². The van der Waals surface area contributed by atoms with Crippen LogP contribution in [0.2, 0.25) is 0 Å². The van der Waals surface area contributed by atoms with Crippen LogP contribution in [0.15, 0.2) is 24.3 Å². The molecule has 0 aliphatic carbocycles. The fourth-order valence-electron chi connectivity index (χ4n) is 1.74. The van der Waals surface area contributed by atoms with Crippen molar-refractivity contribution in [3.8, 4) is 0 Å². The first-order chi connectivity index (χ1) is 7.74. The summed E-state index contributed by atoms with van der Waals surface area (Å²) < 4.78 is 6.83. The van der Waals surface area contributed by atoms with Crippen LogP contribution >= 0.6 is 0 Å². The molecular weight excluding hydrogens is 204 g/mol. The van der Waals surface area contributed by atoms with Gasteiger partial charge in [0.1, 0.15) is 5.69 Å². The van der Waals surface area contributed by atoms with Crippen molar-refractivity contribution in [1.29, 1.82) is 0 Å². The van der Waals surface area contributed by atoms with Crippen molar-refractivity contribution >= 4 is 16.7 Å². The summed E-state index contributed by atoms with van der Waals surface area (Å²) in [5.74, 6) is -0.00707. The summed E-state index contributed by atoms with van der Waals surface area (Å²) >= 11 is 0. The molecule has 2 aromatic rings. The van der Waals surface area contributed by atoms with E-state index < -0.39 is 0 Å². The van der Waals surface area contributed by atoms with E-state index in [2.05, 4.69) is 5.10 Å². The van der Waals surface area contributed by atoms with Gasteiger partial charge in [-0.05, 0) is 6.07 Å². The zero-order valence-corrected chi connectivity index (χ0v) is 9.43. The van der Waals surface area contributed by atoms with Crippen molar-refractivity contribution in [2.45, 2.75) is 13.5 Å². The summed E-state index contributed by atoms with van der Waals surface area (Å²) in [6.45, 7) is 2.78. The zero-order valence-electron chi connectivity index (χ0n) is 9.43. The minimum absolute atomic E-state index is 0.00707. The molecule has 1 aromatic carbocycles. The Bertz CT molecular complexity index is 517. The van der Waals surface area contributed by atoms with Crippen molar-refractivity contribution in [2.75, 3.05) is 13.7 Å². The van der Waals surface area contributed by atoms with Crippen molar-refractivity contribution in [3.63, 3.8) is 0 Å². The second-order valence-electron chi connectivity index (χ2n) is 3.64. The van der Waals surface area contributed by atoms with Crippen LogP contribution in [0, 0.1) is 0 Å². The van der Waals surface area contributed by atoms with Gasteiger partial charge in [-0.1, -0.05) is 18.2 Å². The molecule has 0 unspecified atom stereocenters. The van der Waals surface area contributed by atoms with Gasteiger partial charge >= 0.3 is 0 Å². The van der Waals surface area contributed by atoms with Crippen LogP contribution in [0.3, 0.4) is 0 Å². The minimum Gasteiger partial charge on any atom is -0.383 e. The van der Waals surface area contributed by atoms with E-state index >= 15 is 0 Å². The van der Waals surface area contributed by atoms with Crippen LogP contribution in [0.25, 0.3) is 10.9 Å². The van der Waals surface area contributed by atoms with Crippen LogP contribution < -0.4 is 0 Å². The molecule has 0 atom stereocenters. The van der Waals surface area contributed by atoms with Crippen LogP contribution in [-0.4, -0.2) is 29.3 Å². The first-order valence-electron chi connectivity index (χ1n) is 5.19. The molecule has 0 aliphatic rings. The number of nitrogens with zero attached hydrogens (tertiary/aromatic N) is 2. The molecule has 1 aromatic heterocycles. The molecule has 2 rings (SSSR count). The third-order valence-electron chi connectivity index (χ3n) is 2.50. The van der Waals surface area contributed by atoms with Crippen molar-refractivity contribution in [1.82, 2.24) is 9.78 Å². The highest BCUT2D eigenvalue weighted by Gasteiger charge is 2.12. The third kappa shape index (κ3) is 1.84. The second kappa shape index (κ2) is 4.45. The largest absolute Gasteiger partial charge is 0.383 e. The smallest absolute Gasteiger partial charge is 0.180 e. The Morgan fingerprint density at radius 1 is 1.44 bits per heavy atom. The lowest BCUT2D eigenvalue weighted by molar-refractivity contribution is 0.101. The first kappa shape index (κ1) is 10.8. The minimum atomic E-state index is -0.00707. The molecule has 0 aliphatic heterocycles. The summed E-state index contributed by atoms with van der Waals surface area (Å²) in [6, 6.07) is 7.74. The van der Waals surface area contributed by atoms with Crippen LogP contribution in [0.1, 0.15) is 17.4 Å². The van der Waals surface area contributed by atoms with E-state index in [9.17, 15) is 4.79 Å². The topological polar surface area (TPSA) is 44.1 Å². The van der Waals surface area contributed by atoms with E-state index in [1.807, 2.05) is 28.9 Å². The number of carbonyl (C=O) groups is 1. The van der Waals surface area contributed by atoms with Gasteiger partial charge in [-0.25, -0.2) is 0 Å². The summed E-state index contributed by atoms with van der Waals surface area (Å²) in [5, 5.41) is 5.22. The Morgan fingerprint density at radius 2 is 2.19 bits per heavy atom. The molecule has 0 saturated heterocycles. The van der Waals surface area contributed by atoms with Crippen molar-refractivity contribution < 1.29 is 9.53 Å². The van der Waals surface area contributed by atoms with Gasteiger partial charge in [0.15, 0.2) is 5.78 Å². The first-order valence-corrected chi connectivity index (χ1v) is 5.19. The van der Waals surface area contributed by atoms with Crippen LogP contribution in [0.5, 0.6) is 0 Å². The van der Waals surface area contributed by atoms with Crippen LogP contribution in [0.4, 0.5) is 0 Å². The number of ether oxygens (including phenoxy) is 1. The van der Waals surface area contributed by atoms with Crippen LogP contribution in [-0.2, 0) is 11.3 Å². The second-order valence-corrected chi connectivity index (χ2v) is 3.64. The highest BCUT2D eigenvalue weighted by atomic mass is 16.5. The average molecular weight is 218 g/mol. The average Bonchev–Trinajstić information content (AvgIpc) is 2.65. The lowest BCUT2D eigenvalue weighted by atomic mass is 10.2. The van der Waals surface area contributed by atoms with E-state index in [-0.39, 0.29) is 5.78 Å². The number of carbonyl (C=O) groups excluding carboxylic acids is 1. The number of hydrogen-bond donors (Lipinski definition) is 0. The molecule has 0 saturated carbocycles. The Morgan fingerprint density at radius 3 is 2.88 bits per heavy atom. The van der Waals surface area contributed by atoms with E-state index in [1.165, 1.54) is 6.92 Å². The Hall–Kier alpha value is -1.68. The molecule has 4 nitrogen and oxygen atoms in total. The van der Waals surface area contributed by atoms with E-state index in [1.54, 1.807) is 7.11 Å². The molecular formula is C12H14N2O2. The van der Waals surface area contributed by atoms with E-state index in [0.717, 1.165) is 10.9 Å². The van der Waals surface area contributed by atoms with Gasteiger partial charge in [-0.15, -0.1) is 0 Å². The summed E-state index contributed by atoms with van der Waals surface area (Å²) in [6.07, 6.45) is 0. The molecule has 4 heteroatoms. The number of para-hydroxylation sites is 1. The van der Waals surface area contributed by atoms with E-state index in [4.69, 9.17) is 4.74 Å². The standard InChI is InChI=1S/C12H14N2O2/c1-9(15)12-10-5-3-4-6-11(10)14(13-12)7-8-16-2/h3-6H,7-8H2,1-2H3. The van der Waals surface area contributed by atoms with Gasteiger partial charge in [0.05, 0.1) is 18.7 Å². The number of fused-ring (bicyclic) bond motifs is 1. The number of rotatable bonds is 4. The number of ketones is 1. The molecule has 0 amide bonds. The highest BCUT2D eigenvalue weighted by Crippen LogP contribution is 2.18. The quantitative estimate of drug-likeness (QED) is 0.736. The van der Waals surface area contributed by atoms with E-state index in [0.29, 0.717) is 18.8 Å².